The predicted molar refractivity (Wildman–Crippen MR) is 173 cm³/mol. The van der Waals surface area contributed by atoms with Crippen molar-refractivity contribution in [2.24, 2.45) is 11.8 Å². The molecule has 3 heterocycles. The number of para-hydroxylation sites is 1. The molecule has 224 valence electrons. The molecule has 4 aliphatic rings. The normalized spacial score (nSPS) is 27.2. The fraction of sp³-hybridized carbons (Fsp3) is 0.559. The van der Waals surface area contributed by atoms with Gasteiger partial charge in [-0.2, -0.15) is 9.84 Å². The number of anilines is 1. The Hall–Kier alpha value is -2.68. The Morgan fingerprint density at radius 3 is 2.62 bits per heavy atom. The molecule has 2 saturated carbocycles. The number of hydrogen-bond donors (Lipinski definition) is 2. The molecule has 2 amide bonds. The zero-order valence-corrected chi connectivity index (χ0v) is 26.3. The van der Waals surface area contributed by atoms with Crippen molar-refractivity contribution in [3.8, 4) is 17.0 Å². The van der Waals surface area contributed by atoms with E-state index in [4.69, 9.17) is 4.74 Å². The summed E-state index contributed by atoms with van der Waals surface area (Å²) in [5, 5.41) is 5.31. The van der Waals surface area contributed by atoms with Crippen LogP contribution >= 0.6 is 11.9 Å². The third-order valence-corrected chi connectivity index (χ3v) is 10.8. The molecular formula is C34H45N5O2S. The molecule has 8 heteroatoms. The second kappa shape index (κ2) is 11.1. The highest BCUT2D eigenvalue weighted by atomic mass is 32.2. The van der Waals surface area contributed by atoms with E-state index in [1.54, 1.807) is 9.31 Å². The molecule has 2 unspecified atom stereocenters. The van der Waals surface area contributed by atoms with Crippen molar-refractivity contribution >= 4 is 34.6 Å². The lowest BCUT2D eigenvalue weighted by Gasteiger charge is -2.41. The van der Waals surface area contributed by atoms with Crippen molar-refractivity contribution in [3.63, 3.8) is 0 Å². The minimum Gasteiger partial charge on any atom is -0.492 e. The van der Waals surface area contributed by atoms with Crippen LogP contribution in [0.5, 0.6) is 5.75 Å². The predicted octanol–water partition coefficient (Wildman–Crippen LogP) is 7.51. The maximum atomic E-state index is 14.0. The highest BCUT2D eigenvalue weighted by Crippen LogP contribution is 2.48. The molecule has 7 nitrogen and oxygen atoms in total. The highest BCUT2D eigenvalue weighted by molar-refractivity contribution is 7.96. The van der Waals surface area contributed by atoms with Crippen LogP contribution in [0.4, 0.5) is 10.5 Å². The van der Waals surface area contributed by atoms with Crippen LogP contribution in [0.15, 0.2) is 42.5 Å². The van der Waals surface area contributed by atoms with Crippen LogP contribution in [0.2, 0.25) is 0 Å². The van der Waals surface area contributed by atoms with Gasteiger partial charge < -0.3 is 9.30 Å². The lowest BCUT2D eigenvalue weighted by Crippen LogP contribution is -2.64. The topological polar surface area (TPSA) is 61.8 Å². The van der Waals surface area contributed by atoms with Crippen LogP contribution in [-0.2, 0) is 6.54 Å². The molecule has 2 aliphatic heterocycles. The number of amides is 2. The fourth-order valence-electron chi connectivity index (χ4n) is 7.73. The van der Waals surface area contributed by atoms with Crippen molar-refractivity contribution in [3.05, 3.63) is 48.0 Å². The quantitative estimate of drug-likeness (QED) is 0.309. The molecule has 2 N–H and O–H groups in total. The molecule has 2 aromatic carbocycles. The number of carbonyl (C=O) groups is 1. The van der Waals surface area contributed by atoms with Gasteiger partial charge in [0.2, 0.25) is 0 Å². The number of carbonyl (C=O) groups excluding carboxylic acids is 1. The van der Waals surface area contributed by atoms with Crippen molar-refractivity contribution in [2.45, 2.75) is 89.4 Å². The summed E-state index contributed by atoms with van der Waals surface area (Å²) in [7, 11) is 1.90. The monoisotopic (exact) mass is 587 g/mol. The van der Waals surface area contributed by atoms with Crippen LogP contribution in [-0.4, -0.2) is 46.6 Å². The molecule has 1 aromatic heterocycles. The maximum Gasteiger partial charge on any atom is 0.349 e. The fourth-order valence-corrected chi connectivity index (χ4v) is 8.30. The van der Waals surface area contributed by atoms with Gasteiger partial charge in [0.1, 0.15) is 5.75 Å². The smallest absolute Gasteiger partial charge is 0.349 e. The van der Waals surface area contributed by atoms with Gasteiger partial charge in [-0.1, -0.05) is 50.3 Å². The third-order valence-electron chi connectivity index (χ3n) is 10.1. The van der Waals surface area contributed by atoms with Gasteiger partial charge in [0.25, 0.3) is 0 Å². The van der Waals surface area contributed by atoms with Crippen LogP contribution in [0.3, 0.4) is 0 Å². The first kappa shape index (κ1) is 28.1. The van der Waals surface area contributed by atoms with Crippen molar-refractivity contribution in [1.82, 2.24) is 19.7 Å². The molecule has 0 spiro atoms. The average Bonchev–Trinajstić information content (AvgIpc) is 3.75. The van der Waals surface area contributed by atoms with Crippen LogP contribution in [0.25, 0.3) is 22.2 Å². The Labute approximate surface area is 254 Å². The van der Waals surface area contributed by atoms with Gasteiger partial charge in [0.15, 0.2) is 0 Å². The van der Waals surface area contributed by atoms with Crippen molar-refractivity contribution in [2.75, 3.05) is 24.8 Å². The maximum absolute atomic E-state index is 14.0. The lowest BCUT2D eigenvalue weighted by atomic mass is 9.81. The van der Waals surface area contributed by atoms with Crippen LogP contribution < -0.4 is 20.4 Å². The summed E-state index contributed by atoms with van der Waals surface area (Å²) < 4.78 is 11.0. The number of fused-ring (bicyclic) bond motifs is 4. The number of ether oxygens (including phenoxy) is 1. The van der Waals surface area contributed by atoms with Gasteiger partial charge in [-0.15, -0.1) is 0 Å². The highest BCUT2D eigenvalue weighted by Gasteiger charge is 2.40. The molecule has 4 bridgehead atoms. The Morgan fingerprint density at radius 2 is 1.86 bits per heavy atom. The average molecular weight is 588 g/mol. The summed E-state index contributed by atoms with van der Waals surface area (Å²) in [6.45, 7) is 6.00. The summed E-state index contributed by atoms with van der Waals surface area (Å²) in [5.74, 6) is 2.41. The summed E-state index contributed by atoms with van der Waals surface area (Å²) in [5.41, 5.74) is 9.31. The lowest BCUT2D eigenvalue weighted by molar-refractivity contribution is 0.117. The van der Waals surface area contributed by atoms with E-state index < -0.39 is 5.66 Å². The van der Waals surface area contributed by atoms with E-state index in [-0.39, 0.29) is 18.0 Å². The number of nitrogens with one attached hydrogen (secondary N) is 2. The summed E-state index contributed by atoms with van der Waals surface area (Å²) >= 11 is 1.43. The molecule has 3 atom stereocenters. The third kappa shape index (κ3) is 5.09. The second-order valence-corrected chi connectivity index (χ2v) is 14.0. The van der Waals surface area contributed by atoms with E-state index in [9.17, 15) is 4.79 Å². The van der Waals surface area contributed by atoms with Crippen molar-refractivity contribution in [1.29, 1.82) is 0 Å². The van der Waals surface area contributed by atoms with E-state index in [1.807, 2.05) is 13.3 Å². The largest absolute Gasteiger partial charge is 0.492 e. The van der Waals surface area contributed by atoms with Gasteiger partial charge in [-0.05, 0) is 86.7 Å². The Kier molecular flexibility index (Phi) is 7.43. The molecular weight excluding hydrogens is 542 g/mol. The van der Waals surface area contributed by atoms with E-state index >= 15 is 0 Å². The molecule has 0 radical (unpaired) electrons. The van der Waals surface area contributed by atoms with E-state index in [0.717, 1.165) is 24.4 Å². The molecule has 7 rings (SSSR count). The molecule has 2 aliphatic carbocycles. The number of benzene rings is 2. The van der Waals surface area contributed by atoms with Gasteiger partial charge in [0, 0.05) is 48.4 Å². The number of rotatable bonds is 4. The molecule has 3 aromatic rings. The number of aromatic nitrogens is 1. The number of hydrazine groups is 1. The van der Waals surface area contributed by atoms with Gasteiger partial charge in [0.05, 0.1) is 23.5 Å². The van der Waals surface area contributed by atoms with E-state index in [1.165, 1.54) is 84.6 Å². The molecule has 2 fully saturated rings. The minimum absolute atomic E-state index is 0.0713. The Morgan fingerprint density at radius 1 is 1.07 bits per heavy atom. The van der Waals surface area contributed by atoms with Crippen LogP contribution in [0, 0.1) is 11.8 Å². The first-order valence-corrected chi connectivity index (χ1v) is 17.1. The molecule has 0 saturated heterocycles. The second-order valence-electron chi connectivity index (χ2n) is 13.3. The first-order valence-electron chi connectivity index (χ1n) is 15.9. The van der Waals surface area contributed by atoms with E-state index in [2.05, 4.69) is 71.6 Å². The first-order chi connectivity index (χ1) is 20.3. The van der Waals surface area contributed by atoms with Gasteiger partial charge >= 0.3 is 6.03 Å². The van der Waals surface area contributed by atoms with Gasteiger partial charge in [-0.3, -0.25) is 10.2 Å². The molecule has 42 heavy (non-hydrogen) atoms. The standard InChI is InChI=1S/C34H45N5O2S/c1-22-25-20-38-29-18-26(37(3)33(40)39(42-4)36-34(2,35-22)19-23-14-15-23)16-17-27(29)31(24-10-6-5-7-11-24)32(38)28-12-8-9-13-30(28)41-21-25/h8-9,12-13,16-18,22-25,35-36H,5-7,10-11,14-15,19-21H2,1-4H3/t22?,25-,34?/m0/s1. The van der Waals surface area contributed by atoms with Gasteiger partial charge in [-0.25, -0.2) is 4.79 Å². The summed E-state index contributed by atoms with van der Waals surface area (Å²) in [6, 6.07) is 15.4. The SMILES string of the molecule is CSN1NC(C)(CC2CC2)NC(C)[C@@H]2COc3ccccc3-c3c(C4CCCCC4)c4ccc(cc4n3C2)N(C)C1=O. The van der Waals surface area contributed by atoms with Crippen molar-refractivity contribution < 1.29 is 9.53 Å². The minimum atomic E-state index is -0.435. The Balaban J connectivity index is 1.45. The summed E-state index contributed by atoms with van der Waals surface area (Å²) in [4.78, 5) is 15.8. The number of urea groups is 1. The summed E-state index contributed by atoms with van der Waals surface area (Å²) in [6.07, 6.45) is 11.8. The van der Waals surface area contributed by atoms with E-state index in [0.29, 0.717) is 18.4 Å². The van der Waals surface area contributed by atoms with Crippen LogP contribution in [0.1, 0.15) is 76.7 Å². The Bertz CT molecular complexity index is 1480. The number of hydrogen-bond acceptors (Lipinski definition) is 5. The zero-order chi connectivity index (χ0) is 29.0. The zero-order valence-electron chi connectivity index (χ0n) is 25.5. The number of nitrogens with zero attached hydrogens (tertiary/aromatic N) is 3.